The van der Waals surface area contributed by atoms with Crippen LogP contribution in [0.25, 0.3) is 0 Å². The van der Waals surface area contributed by atoms with Gasteiger partial charge in [-0.25, -0.2) is 0 Å². The molecule has 2 rings (SSSR count). The minimum Gasteiger partial charge on any atom is -0.324 e. The van der Waals surface area contributed by atoms with E-state index in [-0.39, 0.29) is 18.3 Å². The van der Waals surface area contributed by atoms with Crippen LogP contribution in [0.15, 0.2) is 18.2 Å². The predicted molar refractivity (Wildman–Crippen MR) is 86.2 cm³/mol. The van der Waals surface area contributed by atoms with Crippen molar-refractivity contribution in [3.05, 3.63) is 28.2 Å². The first-order valence-corrected chi connectivity index (χ1v) is 6.99. The Morgan fingerprint density at radius 1 is 1.45 bits per heavy atom. The number of rotatable bonds is 4. The number of anilines is 1. The van der Waals surface area contributed by atoms with Crippen molar-refractivity contribution in [3.63, 3.8) is 0 Å². The predicted octanol–water partition coefficient (Wildman–Crippen LogP) is 2.65. The summed E-state index contributed by atoms with van der Waals surface area (Å²) in [6.45, 7) is 2.20. The minimum atomic E-state index is -0.0686. The van der Waals surface area contributed by atoms with E-state index in [4.69, 9.17) is 23.2 Å². The first kappa shape index (κ1) is 17.5. The van der Waals surface area contributed by atoms with Crippen molar-refractivity contribution in [1.29, 1.82) is 0 Å². The fourth-order valence-corrected chi connectivity index (χ4v) is 2.55. The maximum Gasteiger partial charge on any atom is 0.238 e. The summed E-state index contributed by atoms with van der Waals surface area (Å²) in [4.78, 5) is 14.1. The SMILES string of the molecule is CNC1CCN(CC(=O)Nc2cccc(Cl)c2Cl)C1.Cl. The number of nitrogens with one attached hydrogen (secondary N) is 2. The van der Waals surface area contributed by atoms with Crippen molar-refractivity contribution in [3.8, 4) is 0 Å². The number of nitrogens with zero attached hydrogens (tertiary/aromatic N) is 1. The molecule has 0 aliphatic carbocycles. The van der Waals surface area contributed by atoms with Gasteiger partial charge in [0.1, 0.15) is 0 Å². The molecule has 1 aromatic rings. The molecule has 0 saturated carbocycles. The third-order valence-electron chi connectivity index (χ3n) is 3.27. The van der Waals surface area contributed by atoms with Gasteiger partial charge in [-0.1, -0.05) is 29.3 Å². The number of benzene rings is 1. The highest BCUT2D eigenvalue weighted by molar-refractivity contribution is 6.43. The molecule has 0 radical (unpaired) electrons. The van der Waals surface area contributed by atoms with Crippen LogP contribution < -0.4 is 10.6 Å². The average molecular weight is 339 g/mol. The minimum absolute atomic E-state index is 0. The largest absolute Gasteiger partial charge is 0.324 e. The second-order valence-electron chi connectivity index (χ2n) is 4.66. The molecule has 4 nitrogen and oxygen atoms in total. The Bertz CT molecular complexity index is 470. The van der Waals surface area contributed by atoms with Crippen LogP contribution in [0.3, 0.4) is 0 Å². The molecule has 1 aromatic carbocycles. The summed E-state index contributed by atoms with van der Waals surface area (Å²) in [6, 6.07) is 5.67. The van der Waals surface area contributed by atoms with Gasteiger partial charge in [0.05, 0.1) is 22.3 Å². The van der Waals surface area contributed by atoms with Crippen molar-refractivity contribution in [2.24, 2.45) is 0 Å². The number of carbonyl (C=O) groups is 1. The molecule has 1 saturated heterocycles. The van der Waals surface area contributed by atoms with Gasteiger partial charge in [-0.15, -0.1) is 12.4 Å². The molecule has 2 N–H and O–H groups in total. The van der Waals surface area contributed by atoms with Crippen LogP contribution in [0, 0.1) is 0 Å². The van der Waals surface area contributed by atoms with Gasteiger partial charge in [-0.2, -0.15) is 0 Å². The number of hydrogen-bond acceptors (Lipinski definition) is 3. The molecular formula is C13H18Cl3N3O. The standard InChI is InChI=1S/C13H17Cl2N3O.ClH/c1-16-9-5-6-18(7-9)8-12(19)17-11-4-2-3-10(14)13(11)15;/h2-4,9,16H,5-8H2,1H3,(H,17,19);1H. The highest BCUT2D eigenvalue weighted by Gasteiger charge is 2.22. The molecule has 7 heteroatoms. The fourth-order valence-electron chi connectivity index (χ4n) is 2.21. The molecule has 112 valence electrons. The van der Waals surface area contributed by atoms with Gasteiger partial charge in [0, 0.05) is 19.1 Å². The van der Waals surface area contributed by atoms with Gasteiger partial charge in [-0.3, -0.25) is 9.69 Å². The summed E-state index contributed by atoms with van der Waals surface area (Å²) in [5.74, 6) is -0.0686. The average Bonchev–Trinajstić information content (AvgIpc) is 2.82. The molecule has 0 bridgehead atoms. The molecule has 1 aliphatic heterocycles. The topological polar surface area (TPSA) is 44.4 Å². The maximum atomic E-state index is 12.0. The van der Waals surface area contributed by atoms with Crippen LogP contribution in [-0.4, -0.2) is 43.5 Å². The van der Waals surface area contributed by atoms with E-state index in [0.29, 0.717) is 28.3 Å². The molecule has 1 aliphatic rings. The highest BCUT2D eigenvalue weighted by Crippen LogP contribution is 2.29. The summed E-state index contributed by atoms with van der Waals surface area (Å²) in [5.41, 5.74) is 0.559. The van der Waals surface area contributed by atoms with Crippen molar-refractivity contribution in [2.75, 3.05) is 32.0 Å². The van der Waals surface area contributed by atoms with E-state index in [0.717, 1.165) is 19.5 Å². The van der Waals surface area contributed by atoms with Crippen LogP contribution in [0.5, 0.6) is 0 Å². The molecular weight excluding hydrogens is 321 g/mol. The van der Waals surface area contributed by atoms with Crippen LogP contribution in [0.4, 0.5) is 5.69 Å². The molecule has 0 spiro atoms. The van der Waals surface area contributed by atoms with Gasteiger partial charge in [-0.05, 0) is 25.6 Å². The van der Waals surface area contributed by atoms with Crippen molar-refractivity contribution >= 4 is 47.2 Å². The first-order valence-electron chi connectivity index (χ1n) is 6.23. The van der Waals surface area contributed by atoms with E-state index in [2.05, 4.69) is 15.5 Å². The number of amides is 1. The van der Waals surface area contributed by atoms with Crippen LogP contribution >= 0.6 is 35.6 Å². The normalized spacial score (nSPS) is 18.6. The van der Waals surface area contributed by atoms with E-state index >= 15 is 0 Å². The van der Waals surface area contributed by atoms with E-state index < -0.39 is 0 Å². The smallest absolute Gasteiger partial charge is 0.238 e. The Kier molecular flexibility index (Phi) is 7.06. The Balaban J connectivity index is 0.00000200. The monoisotopic (exact) mass is 337 g/mol. The lowest BCUT2D eigenvalue weighted by atomic mass is 10.3. The Hall–Kier alpha value is -0.520. The molecule has 1 atom stereocenters. The number of carbonyl (C=O) groups excluding carboxylic acids is 1. The van der Waals surface area contributed by atoms with Crippen molar-refractivity contribution in [1.82, 2.24) is 10.2 Å². The lowest BCUT2D eigenvalue weighted by Gasteiger charge is -2.16. The lowest BCUT2D eigenvalue weighted by molar-refractivity contribution is -0.117. The first-order chi connectivity index (χ1) is 9.10. The summed E-state index contributed by atoms with van der Waals surface area (Å²) < 4.78 is 0. The Labute approximate surface area is 135 Å². The number of hydrogen-bond donors (Lipinski definition) is 2. The second kappa shape index (κ2) is 8.05. The summed E-state index contributed by atoms with van der Waals surface area (Å²) >= 11 is 11.9. The molecule has 1 heterocycles. The van der Waals surface area contributed by atoms with E-state index in [1.807, 2.05) is 7.05 Å². The molecule has 1 amide bonds. The summed E-state index contributed by atoms with van der Waals surface area (Å²) in [6.07, 6.45) is 1.07. The number of likely N-dealkylation sites (tertiary alicyclic amines) is 1. The fraction of sp³-hybridized carbons (Fsp3) is 0.462. The molecule has 1 unspecified atom stereocenters. The van der Waals surface area contributed by atoms with Gasteiger partial charge in [0.25, 0.3) is 0 Å². The maximum absolute atomic E-state index is 12.0. The van der Waals surface area contributed by atoms with Crippen LogP contribution in [-0.2, 0) is 4.79 Å². The van der Waals surface area contributed by atoms with Gasteiger partial charge in [0.15, 0.2) is 0 Å². The second-order valence-corrected chi connectivity index (χ2v) is 5.44. The molecule has 0 aromatic heterocycles. The third kappa shape index (κ3) is 4.50. The zero-order chi connectivity index (χ0) is 13.8. The quantitative estimate of drug-likeness (QED) is 0.887. The van der Waals surface area contributed by atoms with Gasteiger partial charge < -0.3 is 10.6 Å². The van der Waals surface area contributed by atoms with Crippen LogP contribution in [0.2, 0.25) is 10.0 Å². The number of halogens is 3. The summed E-state index contributed by atoms with van der Waals surface area (Å²) in [5, 5.41) is 6.84. The van der Waals surface area contributed by atoms with E-state index in [1.165, 1.54) is 0 Å². The van der Waals surface area contributed by atoms with Crippen LogP contribution in [0.1, 0.15) is 6.42 Å². The van der Waals surface area contributed by atoms with E-state index in [1.54, 1.807) is 18.2 Å². The number of likely N-dealkylation sites (N-methyl/N-ethyl adjacent to an activating group) is 1. The summed E-state index contributed by atoms with van der Waals surface area (Å²) in [7, 11) is 1.94. The van der Waals surface area contributed by atoms with Crippen molar-refractivity contribution in [2.45, 2.75) is 12.5 Å². The molecule has 20 heavy (non-hydrogen) atoms. The lowest BCUT2D eigenvalue weighted by Crippen LogP contribution is -2.34. The highest BCUT2D eigenvalue weighted by atomic mass is 35.5. The van der Waals surface area contributed by atoms with Crippen molar-refractivity contribution < 1.29 is 4.79 Å². The zero-order valence-electron chi connectivity index (χ0n) is 11.2. The third-order valence-corrected chi connectivity index (χ3v) is 4.09. The Morgan fingerprint density at radius 3 is 2.85 bits per heavy atom. The van der Waals surface area contributed by atoms with Gasteiger partial charge in [0.2, 0.25) is 5.91 Å². The Morgan fingerprint density at radius 2 is 2.20 bits per heavy atom. The van der Waals surface area contributed by atoms with Gasteiger partial charge >= 0.3 is 0 Å². The van der Waals surface area contributed by atoms with E-state index in [9.17, 15) is 4.79 Å². The zero-order valence-corrected chi connectivity index (χ0v) is 13.5. The molecule has 1 fully saturated rings.